The van der Waals surface area contributed by atoms with Crippen molar-refractivity contribution in [3.05, 3.63) is 49.6 Å². The highest BCUT2D eigenvalue weighted by molar-refractivity contribution is 9.10. The quantitative estimate of drug-likeness (QED) is 0.817. The molecule has 4 heteroatoms. The molecule has 19 heavy (non-hydrogen) atoms. The Kier molecular flexibility index (Phi) is 3.41. The topological polar surface area (TPSA) is 29.5 Å². The van der Waals surface area contributed by atoms with Crippen molar-refractivity contribution in [1.29, 1.82) is 0 Å². The van der Waals surface area contributed by atoms with Gasteiger partial charge in [0.2, 0.25) is 0 Å². The smallest absolute Gasteiger partial charge is 0.136 e. The van der Waals surface area contributed by atoms with E-state index in [1.54, 1.807) is 11.3 Å². The average molecular weight is 339 g/mol. The highest BCUT2D eigenvalue weighted by Gasteiger charge is 2.29. The Hall–Kier alpha value is -0.840. The molecule has 1 aliphatic rings. The maximum atomic E-state index is 10.3. The van der Waals surface area contributed by atoms with E-state index in [1.165, 1.54) is 4.88 Å². The molecule has 1 aromatic carbocycles. The fourth-order valence-corrected chi connectivity index (χ4v) is 3.98. The van der Waals surface area contributed by atoms with Crippen LogP contribution in [0.15, 0.2) is 28.7 Å². The molecule has 2 nitrogen and oxygen atoms in total. The van der Waals surface area contributed by atoms with Crippen LogP contribution in [0.2, 0.25) is 0 Å². The molecule has 1 N–H and O–H groups in total. The molecule has 1 aliphatic heterocycles. The second kappa shape index (κ2) is 4.93. The normalized spacial score (nSPS) is 21.9. The monoisotopic (exact) mass is 338 g/mol. The van der Waals surface area contributed by atoms with Crippen LogP contribution in [0.5, 0.6) is 5.75 Å². The fraction of sp³-hybridized carbons (Fsp3) is 0.333. The van der Waals surface area contributed by atoms with Gasteiger partial charge < -0.3 is 9.84 Å². The number of halogens is 1. The molecule has 0 saturated carbocycles. The minimum Gasteiger partial charge on any atom is -0.484 e. The van der Waals surface area contributed by atoms with Crippen molar-refractivity contribution < 1.29 is 9.84 Å². The fourth-order valence-electron chi connectivity index (χ4n) is 2.38. The van der Waals surface area contributed by atoms with E-state index in [4.69, 9.17) is 4.74 Å². The molecule has 0 saturated heterocycles. The standard InChI is InChI=1S/C15H15BrO2S/c1-8-3-4-13-10(5-8)12(17)7-14(18-13)15-6-11(16)9(2)19-15/h3-6,12,14,17H,7H2,1-2H3/t12-,14?/m1/s1. The molecule has 0 spiro atoms. The number of hydrogen-bond donors (Lipinski definition) is 1. The molecule has 0 radical (unpaired) electrons. The minimum atomic E-state index is -0.449. The minimum absolute atomic E-state index is 0.0554. The van der Waals surface area contributed by atoms with Crippen LogP contribution in [-0.2, 0) is 0 Å². The summed E-state index contributed by atoms with van der Waals surface area (Å²) < 4.78 is 7.15. The van der Waals surface area contributed by atoms with Crippen LogP contribution in [0.25, 0.3) is 0 Å². The molecule has 2 heterocycles. The number of aliphatic hydroxyl groups excluding tert-OH is 1. The lowest BCUT2D eigenvalue weighted by molar-refractivity contribution is 0.0673. The Labute approximate surface area is 125 Å². The number of thiophene rings is 1. The summed E-state index contributed by atoms with van der Waals surface area (Å²) in [6.45, 7) is 4.10. The number of hydrogen-bond acceptors (Lipinski definition) is 3. The van der Waals surface area contributed by atoms with E-state index in [0.717, 1.165) is 26.2 Å². The van der Waals surface area contributed by atoms with Crippen molar-refractivity contribution in [3.63, 3.8) is 0 Å². The van der Waals surface area contributed by atoms with Crippen LogP contribution < -0.4 is 4.74 Å². The van der Waals surface area contributed by atoms with E-state index in [-0.39, 0.29) is 6.10 Å². The first-order chi connectivity index (χ1) is 9.04. The van der Waals surface area contributed by atoms with E-state index in [2.05, 4.69) is 28.9 Å². The van der Waals surface area contributed by atoms with Gasteiger partial charge in [-0.15, -0.1) is 11.3 Å². The van der Waals surface area contributed by atoms with Crippen molar-refractivity contribution in [2.24, 2.45) is 0 Å². The maximum absolute atomic E-state index is 10.3. The Morgan fingerprint density at radius 1 is 1.32 bits per heavy atom. The Morgan fingerprint density at radius 3 is 2.79 bits per heavy atom. The molecule has 1 aromatic heterocycles. The summed E-state index contributed by atoms with van der Waals surface area (Å²) in [6, 6.07) is 8.07. The summed E-state index contributed by atoms with van der Waals surface area (Å²) in [5.41, 5.74) is 2.05. The SMILES string of the molecule is Cc1ccc2c(c1)[C@H](O)CC(c1cc(Br)c(C)s1)O2. The molecular weight excluding hydrogens is 324 g/mol. The molecule has 2 atom stereocenters. The molecular formula is C15H15BrO2S. The van der Waals surface area contributed by atoms with Crippen LogP contribution in [0.3, 0.4) is 0 Å². The Bertz CT molecular complexity index is 601. The largest absolute Gasteiger partial charge is 0.484 e. The van der Waals surface area contributed by atoms with Crippen LogP contribution in [0.4, 0.5) is 0 Å². The van der Waals surface area contributed by atoms with Gasteiger partial charge in [-0.3, -0.25) is 0 Å². The third kappa shape index (κ3) is 2.45. The zero-order valence-electron chi connectivity index (χ0n) is 10.8. The Balaban J connectivity index is 1.94. The first-order valence-electron chi connectivity index (χ1n) is 6.25. The number of fused-ring (bicyclic) bond motifs is 1. The third-order valence-corrected chi connectivity index (χ3v) is 5.65. The molecule has 0 fully saturated rings. The summed E-state index contributed by atoms with van der Waals surface area (Å²) >= 11 is 5.25. The van der Waals surface area contributed by atoms with E-state index in [0.29, 0.717) is 6.42 Å². The first kappa shape index (κ1) is 13.2. The number of rotatable bonds is 1. The number of ether oxygens (including phenoxy) is 1. The van der Waals surface area contributed by atoms with Crippen molar-refractivity contribution in [3.8, 4) is 5.75 Å². The van der Waals surface area contributed by atoms with Crippen molar-refractivity contribution in [2.75, 3.05) is 0 Å². The highest BCUT2D eigenvalue weighted by Crippen LogP contribution is 2.43. The van der Waals surface area contributed by atoms with Gasteiger partial charge in [0.25, 0.3) is 0 Å². The van der Waals surface area contributed by atoms with Crippen molar-refractivity contribution in [2.45, 2.75) is 32.5 Å². The highest BCUT2D eigenvalue weighted by atomic mass is 79.9. The van der Waals surface area contributed by atoms with Gasteiger partial charge in [0.1, 0.15) is 11.9 Å². The lowest BCUT2D eigenvalue weighted by Gasteiger charge is -2.29. The Morgan fingerprint density at radius 2 is 2.11 bits per heavy atom. The number of aliphatic hydroxyl groups is 1. The summed E-state index contributed by atoms with van der Waals surface area (Å²) in [4.78, 5) is 2.40. The van der Waals surface area contributed by atoms with E-state index in [9.17, 15) is 5.11 Å². The van der Waals surface area contributed by atoms with Gasteiger partial charge in [-0.1, -0.05) is 11.6 Å². The molecule has 0 amide bonds. The van der Waals surface area contributed by atoms with Gasteiger partial charge in [-0.2, -0.15) is 0 Å². The summed E-state index contributed by atoms with van der Waals surface area (Å²) in [6.07, 6.45) is 0.109. The first-order valence-corrected chi connectivity index (χ1v) is 7.86. The van der Waals surface area contributed by atoms with Gasteiger partial charge in [-0.25, -0.2) is 0 Å². The predicted octanol–water partition coefficient (Wildman–Crippen LogP) is 4.68. The lowest BCUT2D eigenvalue weighted by atomic mass is 9.97. The summed E-state index contributed by atoms with van der Waals surface area (Å²) in [7, 11) is 0. The van der Waals surface area contributed by atoms with Crippen LogP contribution in [0, 0.1) is 13.8 Å². The van der Waals surface area contributed by atoms with Crippen LogP contribution in [0.1, 0.15) is 39.5 Å². The predicted molar refractivity (Wildman–Crippen MR) is 80.9 cm³/mol. The van der Waals surface area contributed by atoms with Gasteiger partial charge in [0, 0.05) is 26.2 Å². The second-order valence-corrected chi connectivity index (χ2v) is 7.09. The zero-order chi connectivity index (χ0) is 13.6. The molecule has 3 rings (SSSR count). The van der Waals surface area contributed by atoms with Crippen LogP contribution >= 0.6 is 27.3 Å². The molecule has 0 aliphatic carbocycles. The second-order valence-electron chi connectivity index (χ2n) is 4.95. The molecule has 0 bridgehead atoms. The van der Waals surface area contributed by atoms with E-state index < -0.39 is 6.10 Å². The summed E-state index contributed by atoms with van der Waals surface area (Å²) in [5, 5.41) is 10.3. The van der Waals surface area contributed by atoms with E-state index >= 15 is 0 Å². The maximum Gasteiger partial charge on any atom is 0.136 e. The molecule has 2 aromatic rings. The van der Waals surface area contributed by atoms with Crippen molar-refractivity contribution >= 4 is 27.3 Å². The summed E-state index contributed by atoms with van der Waals surface area (Å²) in [5.74, 6) is 0.802. The third-order valence-electron chi connectivity index (χ3n) is 3.42. The van der Waals surface area contributed by atoms with Gasteiger partial charge in [0.05, 0.1) is 6.10 Å². The van der Waals surface area contributed by atoms with Crippen molar-refractivity contribution in [1.82, 2.24) is 0 Å². The van der Waals surface area contributed by atoms with Crippen LogP contribution in [-0.4, -0.2) is 5.11 Å². The average Bonchev–Trinajstić information content (AvgIpc) is 2.70. The zero-order valence-corrected chi connectivity index (χ0v) is 13.2. The molecule has 100 valence electrons. The van der Waals surface area contributed by atoms with Gasteiger partial charge in [-0.05, 0) is 48.0 Å². The number of benzene rings is 1. The lowest BCUT2D eigenvalue weighted by Crippen LogP contribution is -2.18. The number of aryl methyl sites for hydroxylation is 2. The van der Waals surface area contributed by atoms with Gasteiger partial charge >= 0.3 is 0 Å². The van der Waals surface area contributed by atoms with E-state index in [1.807, 2.05) is 25.1 Å². The van der Waals surface area contributed by atoms with Gasteiger partial charge in [0.15, 0.2) is 0 Å². The molecule has 1 unspecified atom stereocenters.